The minimum Gasteiger partial charge on any atom is -0.543 e. The lowest BCUT2D eigenvalue weighted by Gasteiger charge is -2.52. The molecule has 1 fully saturated rings. The second kappa shape index (κ2) is 8.08. The van der Waals surface area contributed by atoms with Gasteiger partial charge in [-0.2, -0.15) is 0 Å². The molecule has 1 saturated carbocycles. The summed E-state index contributed by atoms with van der Waals surface area (Å²) in [6, 6.07) is 17.5. The van der Waals surface area contributed by atoms with E-state index in [9.17, 15) is 5.11 Å². The molecule has 2 aromatic carbocycles. The number of aliphatic hydroxyl groups excluding tert-OH is 1. The van der Waals surface area contributed by atoms with Gasteiger partial charge in [-0.1, -0.05) is 64.1 Å². The van der Waals surface area contributed by atoms with Gasteiger partial charge in [-0.15, -0.1) is 0 Å². The van der Waals surface area contributed by atoms with E-state index < -0.39 is 8.32 Å². The normalized spacial score (nSPS) is 28.5. The highest BCUT2D eigenvalue weighted by Crippen LogP contribution is 2.55. The second-order valence-electron chi connectivity index (χ2n) is 11.5. The second-order valence-corrected chi connectivity index (χ2v) is 16.2. The van der Waals surface area contributed by atoms with Gasteiger partial charge in [-0.25, -0.2) is 0 Å². The molecule has 3 heteroatoms. The smallest absolute Gasteiger partial charge is 0.250 e. The monoisotopic (exact) mass is 436 g/mol. The first-order valence-corrected chi connectivity index (χ1v) is 15.0. The molecule has 4 rings (SSSR count). The van der Waals surface area contributed by atoms with E-state index in [4.69, 9.17) is 4.43 Å². The molecule has 2 aliphatic rings. The van der Waals surface area contributed by atoms with Crippen molar-refractivity contribution in [3.05, 3.63) is 65.2 Å². The van der Waals surface area contributed by atoms with Crippen molar-refractivity contribution >= 4 is 8.32 Å². The predicted octanol–water partition coefficient (Wildman–Crippen LogP) is 7.22. The molecule has 2 nitrogen and oxygen atoms in total. The third-order valence-electron chi connectivity index (χ3n) is 8.77. The molecule has 0 radical (unpaired) electrons. The SMILES string of the molecule is CC[C@@]12C[C@H](O)[C@@H](c3ccccc3)C[C@H]1CCc1cc(O[Si](C)(C)C(C)(C)C)ccc12. The molecule has 168 valence electrons. The summed E-state index contributed by atoms with van der Waals surface area (Å²) < 4.78 is 6.62. The molecule has 31 heavy (non-hydrogen) atoms. The molecule has 0 aliphatic heterocycles. The van der Waals surface area contributed by atoms with Gasteiger partial charge in [0.2, 0.25) is 8.32 Å². The molecule has 1 N–H and O–H groups in total. The summed E-state index contributed by atoms with van der Waals surface area (Å²) in [5.41, 5.74) is 4.30. The van der Waals surface area contributed by atoms with Crippen LogP contribution in [0.4, 0.5) is 0 Å². The number of hydrogen-bond acceptors (Lipinski definition) is 2. The Kier molecular flexibility index (Phi) is 5.89. The first kappa shape index (κ1) is 22.6. The molecule has 2 aromatic rings. The van der Waals surface area contributed by atoms with Gasteiger partial charge >= 0.3 is 0 Å². The van der Waals surface area contributed by atoms with E-state index in [1.807, 2.05) is 0 Å². The molecule has 0 saturated heterocycles. The minimum atomic E-state index is -1.85. The van der Waals surface area contributed by atoms with E-state index >= 15 is 0 Å². The van der Waals surface area contributed by atoms with Crippen molar-refractivity contribution in [2.45, 2.75) is 95.4 Å². The van der Waals surface area contributed by atoms with Crippen LogP contribution in [0.2, 0.25) is 18.1 Å². The Morgan fingerprint density at radius 3 is 2.45 bits per heavy atom. The van der Waals surface area contributed by atoms with Crippen LogP contribution in [0.3, 0.4) is 0 Å². The molecular weight excluding hydrogens is 396 g/mol. The van der Waals surface area contributed by atoms with Crippen molar-refractivity contribution in [3.63, 3.8) is 0 Å². The molecule has 0 aromatic heterocycles. The van der Waals surface area contributed by atoms with Crippen LogP contribution in [-0.2, 0) is 11.8 Å². The Bertz CT molecular complexity index is 914. The third kappa shape index (κ3) is 4.00. The van der Waals surface area contributed by atoms with Crippen molar-refractivity contribution in [1.29, 1.82) is 0 Å². The van der Waals surface area contributed by atoms with Gasteiger partial charge < -0.3 is 9.53 Å². The first-order valence-electron chi connectivity index (χ1n) is 12.1. The fraction of sp³-hybridized carbons (Fsp3) is 0.571. The summed E-state index contributed by atoms with van der Waals surface area (Å²) in [6.07, 6.45) is 5.08. The Labute approximate surface area is 190 Å². The van der Waals surface area contributed by atoms with Gasteiger partial charge in [0.25, 0.3) is 0 Å². The van der Waals surface area contributed by atoms with Crippen molar-refractivity contribution < 1.29 is 9.53 Å². The zero-order valence-corrected chi connectivity index (χ0v) is 21.2. The number of benzene rings is 2. The standard InChI is InChI=1S/C28H40O2Si/c1-7-28-19-26(29)24(20-11-9-8-10-12-20)18-22(28)14-13-21-17-23(15-16-25(21)28)30-31(5,6)27(2,3)4/h8-12,15-17,22,24,26,29H,7,13-14,18-19H2,1-6H3/t22-,24-,26+,28-/m1/s1. The summed E-state index contributed by atoms with van der Waals surface area (Å²) >= 11 is 0. The van der Waals surface area contributed by atoms with Crippen LogP contribution in [0.5, 0.6) is 5.75 Å². The highest BCUT2D eigenvalue weighted by atomic mass is 28.4. The predicted molar refractivity (Wildman–Crippen MR) is 132 cm³/mol. The summed E-state index contributed by atoms with van der Waals surface area (Å²) in [4.78, 5) is 0. The van der Waals surface area contributed by atoms with Gasteiger partial charge in [0.1, 0.15) is 5.75 Å². The average molecular weight is 437 g/mol. The van der Waals surface area contributed by atoms with Crippen molar-refractivity contribution in [2.75, 3.05) is 0 Å². The van der Waals surface area contributed by atoms with Gasteiger partial charge in [0.05, 0.1) is 6.10 Å². The maximum atomic E-state index is 11.3. The van der Waals surface area contributed by atoms with Crippen molar-refractivity contribution in [2.24, 2.45) is 5.92 Å². The number of aliphatic hydroxyl groups is 1. The van der Waals surface area contributed by atoms with Gasteiger partial charge in [-0.05, 0) is 85.0 Å². The lowest BCUT2D eigenvalue weighted by molar-refractivity contribution is 0.0172. The summed E-state index contributed by atoms with van der Waals surface area (Å²) in [7, 11) is -1.85. The van der Waals surface area contributed by atoms with E-state index in [1.165, 1.54) is 23.1 Å². The summed E-state index contributed by atoms with van der Waals surface area (Å²) in [5.74, 6) is 1.92. The Balaban J connectivity index is 1.64. The molecule has 0 heterocycles. The van der Waals surface area contributed by atoms with E-state index in [0.29, 0.717) is 5.92 Å². The van der Waals surface area contributed by atoms with Gasteiger partial charge in [-0.3, -0.25) is 0 Å². The van der Waals surface area contributed by atoms with Crippen LogP contribution in [0.15, 0.2) is 48.5 Å². The topological polar surface area (TPSA) is 29.5 Å². The van der Waals surface area contributed by atoms with Crippen LogP contribution >= 0.6 is 0 Å². The molecule has 4 atom stereocenters. The van der Waals surface area contributed by atoms with Crippen molar-refractivity contribution in [1.82, 2.24) is 0 Å². The molecule has 0 bridgehead atoms. The summed E-state index contributed by atoms with van der Waals surface area (Å²) in [6.45, 7) is 13.8. The lowest BCUT2D eigenvalue weighted by Crippen LogP contribution is -2.48. The highest BCUT2D eigenvalue weighted by molar-refractivity contribution is 6.74. The first-order chi connectivity index (χ1) is 14.6. The molecule has 0 unspecified atom stereocenters. The van der Waals surface area contributed by atoms with E-state index in [0.717, 1.165) is 31.4 Å². The minimum absolute atomic E-state index is 0.0911. The van der Waals surface area contributed by atoms with Crippen LogP contribution in [0, 0.1) is 5.92 Å². The fourth-order valence-corrected chi connectivity index (χ4v) is 6.90. The number of fused-ring (bicyclic) bond motifs is 3. The van der Waals surface area contributed by atoms with Gasteiger partial charge in [0, 0.05) is 11.3 Å². The zero-order valence-electron chi connectivity index (χ0n) is 20.2. The van der Waals surface area contributed by atoms with Crippen LogP contribution < -0.4 is 4.43 Å². The van der Waals surface area contributed by atoms with E-state index in [2.05, 4.69) is 89.3 Å². The molecule has 0 spiro atoms. The zero-order chi connectivity index (χ0) is 22.4. The van der Waals surface area contributed by atoms with Crippen molar-refractivity contribution in [3.8, 4) is 5.75 Å². The Morgan fingerprint density at radius 2 is 1.81 bits per heavy atom. The fourth-order valence-electron chi connectivity index (χ4n) is 5.88. The Hall–Kier alpha value is -1.58. The molecule has 0 amide bonds. The van der Waals surface area contributed by atoms with Crippen LogP contribution in [-0.4, -0.2) is 19.5 Å². The summed E-state index contributed by atoms with van der Waals surface area (Å²) in [5, 5.41) is 11.5. The maximum Gasteiger partial charge on any atom is 0.250 e. The average Bonchev–Trinajstić information content (AvgIpc) is 2.72. The van der Waals surface area contributed by atoms with E-state index in [1.54, 1.807) is 0 Å². The number of rotatable bonds is 4. The third-order valence-corrected chi connectivity index (χ3v) is 13.1. The Morgan fingerprint density at radius 1 is 1.10 bits per heavy atom. The largest absolute Gasteiger partial charge is 0.543 e. The van der Waals surface area contributed by atoms with Gasteiger partial charge in [0.15, 0.2) is 0 Å². The number of hydrogen-bond donors (Lipinski definition) is 1. The number of aryl methyl sites for hydroxylation is 1. The molecular formula is C28H40O2Si. The highest BCUT2D eigenvalue weighted by Gasteiger charge is 2.50. The molecule has 2 aliphatic carbocycles. The van der Waals surface area contributed by atoms with Crippen LogP contribution in [0.1, 0.15) is 76.0 Å². The quantitative estimate of drug-likeness (QED) is 0.513. The van der Waals surface area contributed by atoms with E-state index in [-0.39, 0.29) is 22.5 Å². The van der Waals surface area contributed by atoms with Crippen LogP contribution in [0.25, 0.3) is 0 Å². The maximum absolute atomic E-state index is 11.3. The lowest BCUT2D eigenvalue weighted by atomic mass is 9.53.